The summed E-state index contributed by atoms with van der Waals surface area (Å²) in [6.07, 6.45) is 0.717. The SMILES string of the molecule is O=C(CN1CCN(Cc2csc3ccccc23)CC1)NCCc1ccc(F)cc1. The molecule has 1 N–H and O–H groups in total. The molecule has 1 fully saturated rings. The van der Waals surface area contributed by atoms with E-state index in [2.05, 4.69) is 44.8 Å². The van der Waals surface area contributed by atoms with Gasteiger partial charge in [0, 0.05) is 44.0 Å². The standard InChI is InChI=1S/C23H26FN3OS/c24-20-7-5-18(6-8-20)9-10-25-23(28)16-27-13-11-26(12-14-27)15-19-17-29-22-4-2-1-3-21(19)22/h1-8,17H,9-16H2,(H,25,28). The second kappa shape index (κ2) is 9.48. The Kier molecular flexibility index (Phi) is 6.54. The van der Waals surface area contributed by atoms with E-state index in [1.54, 1.807) is 12.1 Å². The van der Waals surface area contributed by atoms with Gasteiger partial charge in [-0.15, -0.1) is 11.3 Å². The summed E-state index contributed by atoms with van der Waals surface area (Å²) in [6, 6.07) is 15.0. The maximum Gasteiger partial charge on any atom is 0.234 e. The van der Waals surface area contributed by atoms with Gasteiger partial charge in [0.25, 0.3) is 0 Å². The van der Waals surface area contributed by atoms with Crippen molar-refractivity contribution in [3.8, 4) is 0 Å². The number of piperazine rings is 1. The summed E-state index contributed by atoms with van der Waals surface area (Å²) in [5, 5.41) is 6.61. The van der Waals surface area contributed by atoms with Gasteiger partial charge in [-0.2, -0.15) is 0 Å². The van der Waals surface area contributed by atoms with Crippen molar-refractivity contribution < 1.29 is 9.18 Å². The number of nitrogens with zero attached hydrogens (tertiary/aromatic N) is 2. The molecule has 1 aromatic heterocycles. The van der Waals surface area contributed by atoms with Crippen LogP contribution in [0.1, 0.15) is 11.1 Å². The fourth-order valence-corrected chi connectivity index (χ4v) is 4.71. The molecule has 0 saturated carbocycles. The first-order valence-electron chi connectivity index (χ1n) is 10.1. The molecular formula is C23H26FN3OS. The fraction of sp³-hybridized carbons (Fsp3) is 0.348. The number of benzene rings is 2. The first-order chi connectivity index (χ1) is 14.2. The largest absolute Gasteiger partial charge is 0.355 e. The summed E-state index contributed by atoms with van der Waals surface area (Å²) in [5.41, 5.74) is 2.43. The van der Waals surface area contributed by atoms with Crippen LogP contribution in [0, 0.1) is 5.82 Å². The summed E-state index contributed by atoms with van der Waals surface area (Å²) in [6.45, 7) is 5.77. The van der Waals surface area contributed by atoms with Gasteiger partial charge in [-0.05, 0) is 46.5 Å². The predicted molar refractivity (Wildman–Crippen MR) is 117 cm³/mol. The van der Waals surface area contributed by atoms with Crippen molar-refractivity contribution >= 4 is 27.3 Å². The Morgan fingerprint density at radius 1 is 1.00 bits per heavy atom. The number of carbonyl (C=O) groups excluding carboxylic acids is 1. The van der Waals surface area contributed by atoms with Crippen LogP contribution in [0.15, 0.2) is 53.9 Å². The molecule has 4 nitrogen and oxygen atoms in total. The Morgan fingerprint density at radius 3 is 2.52 bits per heavy atom. The first-order valence-corrected chi connectivity index (χ1v) is 11.0. The highest BCUT2D eigenvalue weighted by Gasteiger charge is 2.19. The lowest BCUT2D eigenvalue weighted by molar-refractivity contribution is -0.122. The Morgan fingerprint density at radius 2 is 1.72 bits per heavy atom. The Hall–Kier alpha value is -2.28. The first kappa shape index (κ1) is 20.0. The molecule has 0 spiro atoms. The lowest BCUT2D eigenvalue weighted by Gasteiger charge is -2.34. The molecule has 3 aromatic rings. The number of fused-ring (bicyclic) bond motifs is 1. The van der Waals surface area contributed by atoms with Crippen molar-refractivity contribution in [3.63, 3.8) is 0 Å². The molecule has 29 heavy (non-hydrogen) atoms. The molecule has 4 rings (SSSR count). The van der Waals surface area contributed by atoms with Gasteiger partial charge in [-0.3, -0.25) is 14.6 Å². The molecule has 0 bridgehead atoms. The van der Waals surface area contributed by atoms with E-state index in [9.17, 15) is 9.18 Å². The third-order valence-corrected chi connectivity index (χ3v) is 6.45. The van der Waals surface area contributed by atoms with Crippen molar-refractivity contribution in [1.29, 1.82) is 0 Å². The van der Waals surface area contributed by atoms with E-state index < -0.39 is 0 Å². The van der Waals surface area contributed by atoms with Gasteiger partial charge >= 0.3 is 0 Å². The lowest BCUT2D eigenvalue weighted by Crippen LogP contribution is -2.49. The average molecular weight is 412 g/mol. The third-order valence-electron chi connectivity index (χ3n) is 5.44. The number of nitrogens with one attached hydrogen (secondary N) is 1. The summed E-state index contributed by atoms with van der Waals surface area (Å²) >= 11 is 1.81. The predicted octanol–water partition coefficient (Wildman–Crippen LogP) is 3.52. The van der Waals surface area contributed by atoms with Crippen LogP contribution >= 0.6 is 11.3 Å². The van der Waals surface area contributed by atoms with Crippen LogP contribution in [0.3, 0.4) is 0 Å². The molecule has 1 aliphatic heterocycles. The van der Waals surface area contributed by atoms with Gasteiger partial charge in [0.05, 0.1) is 6.54 Å². The number of amides is 1. The fourth-order valence-electron chi connectivity index (χ4n) is 3.76. The van der Waals surface area contributed by atoms with Gasteiger partial charge in [-0.25, -0.2) is 4.39 Å². The number of thiophene rings is 1. The third kappa shape index (κ3) is 5.41. The molecule has 0 atom stereocenters. The molecule has 2 heterocycles. The van der Waals surface area contributed by atoms with Crippen molar-refractivity contribution in [2.45, 2.75) is 13.0 Å². The number of hydrogen-bond donors (Lipinski definition) is 1. The molecule has 0 radical (unpaired) electrons. The normalized spacial score (nSPS) is 15.6. The van der Waals surface area contributed by atoms with Crippen LogP contribution in [0.4, 0.5) is 4.39 Å². The molecule has 1 aliphatic rings. The smallest absolute Gasteiger partial charge is 0.234 e. The summed E-state index contributed by atoms with van der Waals surface area (Å²) in [7, 11) is 0. The monoisotopic (exact) mass is 411 g/mol. The van der Waals surface area contributed by atoms with Crippen molar-refractivity contribution in [1.82, 2.24) is 15.1 Å². The number of carbonyl (C=O) groups is 1. The minimum Gasteiger partial charge on any atom is -0.355 e. The molecule has 1 saturated heterocycles. The number of halogens is 1. The van der Waals surface area contributed by atoms with E-state index in [1.165, 1.54) is 27.8 Å². The van der Waals surface area contributed by atoms with E-state index in [1.807, 2.05) is 11.3 Å². The van der Waals surface area contributed by atoms with Gasteiger partial charge < -0.3 is 5.32 Å². The summed E-state index contributed by atoms with van der Waals surface area (Å²) in [5.74, 6) is -0.173. The Balaban J connectivity index is 1.17. The molecule has 6 heteroatoms. The second-order valence-electron chi connectivity index (χ2n) is 7.54. The van der Waals surface area contributed by atoms with Crippen molar-refractivity contribution in [2.24, 2.45) is 0 Å². The molecule has 152 valence electrons. The zero-order valence-electron chi connectivity index (χ0n) is 16.4. The van der Waals surface area contributed by atoms with E-state index in [0.717, 1.165) is 38.3 Å². The zero-order valence-corrected chi connectivity index (χ0v) is 17.3. The molecule has 0 unspecified atom stereocenters. The number of rotatable bonds is 7. The molecule has 2 aromatic carbocycles. The van der Waals surface area contributed by atoms with E-state index in [4.69, 9.17) is 0 Å². The highest BCUT2D eigenvalue weighted by molar-refractivity contribution is 7.17. The minimum absolute atomic E-state index is 0.0596. The highest BCUT2D eigenvalue weighted by Crippen LogP contribution is 2.26. The number of hydrogen-bond acceptors (Lipinski definition) is 4. The Bertz CT molecular complexity index is 948. The van der Waals surface area contributed by atoms with Gasteiger partial charge in [0.1, 0.15) is 5.82 Å². The summed E-state index contributed by atoms with van der Waals surface area (Å²) in [4.78, 5) is 16.9. The lowest BCUT2D eigenvalue weighted by atomic mass is 10.1. The summed E-state index contributed by atoms with van der Waals surface area (Å²) < 4.78 is 14.3. The maximum absolute atomic E-state index is 12.9. The van der Waals surface area contributed by atoms with Crippen LogP contribution in [-0.4, -0.2) is 55.0 Å². The van der Waals surface area contributed by atoms with Crippen LogP contribution in [0.25, 0.3) is 10.1 Å². The average Bonchev–Trinajstić information content (AvgIpc) is 3.14. The molecule has 1 amide bonds. The Labute approximate surface area is 174 Å². The van der Waals surface area contributed by atoms with E-state index in [-0.39, 0.29) is 11.7 Å². The van der Waals surface area contributed by atoms with Gasteiger partial charge in [0.15, 0.2) is 0 Å². The van der Waals surface area contributed by atoms with Crippen LogP contribution in [0.5, 0.6) is 0 Å². The highest BCUT2D eigenvalue weighted by atomic mass is 32.1. The van der Waals surface area contributed by atoms with E-state index in [0.29, 0.717) is 19.5 Å². The van der Waals surface area contributed by atoms with Gasteiger partial charge in [0.2, 0.25) is 5.91 Å². The van der Waals surface area contributed by atoms with Crippen LogP contribution in [0.2, 0.25) is 0 Å². The topological polar surface area (TPSA) is 35.6 Å². The van der Waals surface area contributed by atoms with E-state index >= 15 is 0 Å². The quantitative estimate of drug-likeness (QED) is 0.646. The van der Waals surface area contributed by atoms with Crippen molar-refractivity contribution in [2.75, 3.05) is 39.3 Å². The van der Waals surface area contributed by atoms with Gasteiger partial charge in [-0.1, -0.05) is 30.3 Å². The van der Waals surface area contributed by atoms with Crippen LogP contribution < -0.4 is 5.32 Å². The second-order valence-corrected chi connectivity index (χ2v) is 8.45. The zero-order chi connectivity index (χ0) is 20.1. The van der Waals surface area contributed by atoms with Crippen LogP contribution in [-0.2, 0) is 17.8 Å². The minimum atomic E-state index is -0.232. The maximum atomic E-state index is 12.9. The molecular weight excluding hydrogens is 385 g/mol. The molecule has 0 aliphatic carbocycles. The van der Waals surface area contributed by atoms with Crippen molar-refractivity contribution in [3.05, 3.63) is 70.9 Å².